The third kappa shape index (κ3) is 4.23. The summed E-state index contributed by atoms with van der Waals surface area (Å²) in [7, 11) is 1.86. The van der Waals surface area contributed by atoms with Crippen molar-refractivity contribution in [3.63, 3.8) is 0 Å². The molecule has 0 spiro atoms. The zero-order chi connectivity index (χ0) is 13.5. The number of rotatable bonds is 7. The number of benzene rings is 1. The highest BCUT2D eigenvalue weighted by Gasteiger charge is 2.15. The van der Waals surface area contributed by atoms with Crippen molar-refractivity contribution in [2.24, 2.45) is 0 Å². The zero-order valence-electron chi connectivity index (χ0n) is 11.3. The van der Waals surface area contributed by atoms with Crippen molar-refractivity contribution in [2.45, 2.75) is 26.3 Å². The molecule has 0 saturated heterocycles. The van der Waals surface area contributed by atoms with E-state index in [9.17, 15) is 4.39 Å². The minimum absolute atomic E-state index is 0.0304. The molecule has 0 amide bonds. The van der Waals surface area contributed by atoms with Crippen molar-refractivity contribution >= 4 is 11.6 Å². The Labute approximate surface area is 114 Å². The van der Waals surface area contributed by atoms with Crippen LogP contribution >= 0.6 is 11.6 Å². The van der Waals surface area contributed by atoms with Crippen LogP contribution in [0.1, 0.15) is 31.9 Å². The molecule has 1 aromatic rings. The highest BCUT2D eigenvalue weighted by molar-refractivity contribution is 6.30. The van der Waals surface area contributed by atoms with E-state index in [2.05, 4.69) is 24.1 Å². The number of halogens is 2. The molecule has 0 aromatic heterocycles. The minimum atomic E-state index is -0.235. The summed E-state index contributed by atoms with van der Waals surface area (Å²) < 4.78 is 13.8. The molecule has 0 heterocycles. The molecule has 0 fully saturated rings. The number of hydrogen-bond donors (Lipinski definition) is 1. The monoisotopic (exact) mass is 272 g/mol. The maximum Gasteiger partial charge on any atom is 0.129 e. The van der Waals surface area contributed by atoms with Gasteiger partial charge in [0.05, 0.1) is 0 Å². The first kappa shape index (κ1) is 15.4. The van der Waals surface area contributed by atoms with Gasteiger partial charge in [0.1, 0.15) is 5.82 Å². The molecule has 18 heavy (non-hydrogen) atoms. The first-order valence-corrected chi connectivity index (χ1v) is 6.84. The largest absolute Gasteiger partial charge is 0.313 e. The van der Waals surface area contributed by atoms with Gasteiger partial charge in [-0.25, -0.2) is 4.39 Å². The summed E-state index contributed by atoms with van der Waals surface area (Å²) in [5.41, 5.74) is 0.689. The van der Waals surface area contributed by atoms with Gasteiger partial charge in [-0.05, 0) is 45.2 Å². The lowest BCUT2D eigenvalue weighted by atomic mass is 10.0. The van der Waals surface area contributed by atoms with Crippen LogP contribution in [0.25, 0.3) is 0 Å². The van der Waals surface area contributed by atoms with E-state index in [-0.39, 0.29) is 11.9 Å². The van der Waals surface area contributed by atoms with Crippen LogP contribution in [0.2, 0.25) is 5.02 Å². The van der Waals surface area contributed by atoms with E-state index >= 15 is 0 Å². The lowest BCUT2D eigenvalue weighted by molar-refractivity contribution is 0.283. The predicted octanol–water partition coefficient (Wildman–Crippen LogP) is 3.47. The molecule has 1 rings (SSSR count). The van der Waals surface area contributed by atoms with E-state index in [1.807, 2.05) is 7.05 Å². The Bertz CT molecular complexity index is 367. The van der Waals surface area contributed by atoms with Gasteiger partial charge in [0.15, 0.2) is 0 Å². The Kier molecular flexibility index (Phi) is 6.61. The molecule has 1 unspecified atom stereocenters. The molecular formula is C14H22ClFN2. The molecule has 0 bridgehead atoms. The fourth-order valence-electron chi connectivity index (χ4n) is 2.09. The van der Waals surface area contributed by atoms with E-state index < -0.39 is 0 Å². The van der Waals surface area contributed by atoms with E-state index in [0.717, 1.165) is 26.1 Å². The smallest absolute Gasteiger partial charge is 0.129 e. The Morgan fingerprint density at radius 2 is 2.00 bits per heavy atom. The van der Waals surface area contributed by atoms with Gasteiger partial charge in [0.2, 0.25) is 0 Å². The summed E-state index contributed by atoms with van der Waals surface area (Å²) in [4.78, 5) is 2.33. The van der Waals surface area contributed by atoms with Gasteiger partial charge in [-0.2, -0.15) is 0 Å². The van der Waals surface area contributed by atoms with Crippen LogP contribution < -0.4 is 5.32 Å². The molecule has 1 atom stereocenters. The SMILES string of the molecule is CCN(CC)CCC(NC)c1ccc(Cl)cc1F. The van der Waals surface area contributed by atoms with E-state index in [4.69, 9.17) is 11.6 Å². The summed E-state index contributed by atoms with van der Waals surface area (Å²) in [6.45, 7) is 7.29. The maximum atomic E-state index is 13.8. The number of nitrogens with one attached hydrogen (secondary N) is 1. The average Bonchev–Trinajstić information content (AvgIpc) is 2.36. The van der Waals surface area contributed by atoms with E-state index in [0.29, 0.717) is 10.6 Å². The van der Waals surface area contributed by atoms with Gasteiger partial charge in [0.25, 0.3) is 0 Å². The van der Waals surface area contributed by atoms with Crippen molar-refractivity contribution in [3.05, 3.63) is 34.6 Å². The minimum Gasteiger partial charge on any atom is -0.313 e. The average molecular weight is 273 g/mol. The molecule has 0 saturated carbocycles. The van der Waals surface area contributed by atoms with Crippen molar-refractivity contribution in [1.29, 1.82) is 0 Å². The van der Waals surface area contributed by atoms with E-state index in [1.165, 1.54) is 6.07 Å². The third-order valence-corrected chi connectivity index (χ3v) is 3.55. The second-order valence-electron chi connectivity index (χ2n) is 4.32. The Morgan fingerprint density at radius 3 is 2.50 bits per heavy atom. The first-order chi connectivity index (χ1) is 8.62. The molecule has 0 aliphatic carbocycles. The van der Waals surface area contributed by atoms with Crippen LogP contribution in [-0.4, -0.2) is 31.6 Å². The molecule has 0 radical (unpaired) electrons. The predicted molar refractivity (Wildman–Crippen MR) is 75.6 cm³/mol. The van der Waals surface area contributed by atoms with Crippen LogP contribution in [0.3, 0.4) is 0 Å². The maximum absolute atomic E-state index is 13.8. The molecular weight excluding hydrogens is 251 g/mol. The molecule has 1 aromatic carbocycles. The quantitative estimate of drug-likeness (QED) is 0.818. The lowest BCUT2D eigenvalue weighted by Crippen LogP contribution is -2.28. The van der Waals surface area contributed by atoms with E-state index in [1.54, 1.807) is 12.1 Å². The Hall–Kier alpha value is -0.640. The summed E-state index contributed by atoms with van der Waals surface area (Å²) in [6.07, 6.45) is 0.886. The van der Waals surface area contributed by atoms with Crippen LogP contribution in [0.4, 0.5) is 4.39 Å². The van der Waals surface area contributed by atoms with Crippen molar-refractivity contribution in [2.75, 3.05) is 26.7 Å². The molecule has 4 heteroatoms. The summed E-state index contributed by atoms with van der Waals surface area (Å²) >= 11 is 5.77. The number of hydrogen-bond acceptors (Lipinski definition) is 2. The standard InChI is InChI=1S/C14H22ClFN2/c1-4-18(5-2)9-8-14(17-3)12-7-6-11(15)10-13(12)16/h6-7,10,14,17H,4-5,8-9H2,1-3H3. The first-order valence-electron chi connectivity index (χ1n) is 6.46. The summed E-state index contributed by atoms with van der Waals surface area (Å²) in [6, 6.07) is 4.91. The third-order valence-electron chi connectivity index (χ3n) is 3.31. The lowest BCUT2D eigenvalue weighted by Gasteiger charge is -2.23. The zero-order valence-corrected chi connectivity index (χ0v) is 12.1. The topological polar surface area (TPSA) is 15.3 Å². The highest BCUT2D eigenvalue weighted by atomic mass is 35.5. The van der Waals surface area contributed by atoms with Crippen LogP contribution in [-0.2, 0) is 0 Å². The molecule has 0 aliphatic rings. The van der Waals surface area contributed by atoms with Gasteiger partial charge in [0, 0.05) is 16.6 Å². The van der Waals surface area contributed by atoms with Crippen molar-refractivity contribution in [3.8, 4) is 0 Å². The second-order valence-corrected chi connectivity index (χ2v) is 4.76. The van der Waals surface area contributed by atoms with Crippen LogP contribution in [0.15, 0.2) is 18.2 Å². The Morgan fingerprint density at radius 1 is 1.33 bits per heavy atom. The van der Waals surface area contributed by atoms with Gasteiger partial charge in [-0.3, -0.25) is 0 Å². The number of nitrogens with zero attached hydrogens (tertiary/aromatic N) is 1. The van der Waals surface area contributed by atoms with Gasteiger partial charge >= 0.3 is 0 Å². The summed E-state index contributed by atoms with van der Waals surface area (Å²) in [5, 5.41) is 3.61. The van der Waals surface area contributed by atoms with Gasteiger partial charge < -0.3 is 10.2 Å². The molecule has 1 N–H and O–H groups in total. The van der Waals surface area contributed by atoms with Crippen LogP contribution in [0, 0.1) is 5.82 Å². The second kappa shape index (κ2) is 7.72. The van der Waals surface area contributed by atoms with Crippen LogP contribution in [0.5, 0.6) is 0 Å². The fourth-order valence-corrected chi connectivity index (χ4v) is 2.25. The highest BCUT2D eigenvalue weighted by Crippen LogP contribution is 2.23. The summed E-state index contributed by atoms with van der Waals surface area (Å²) in [5.74, 6) is -0.235. The van der Waals surface area contributed by atoms with Gasteiger partial charge in [-0.1, -0.05) is 31.5 Å². The molecule has 2 nitrogen and oxygen atoms in total. The fraction of sp³-hybridized carbons (Fsp3) is 0.571. The van der Waals surface area contributed by atoms with Crippen molar-refractivity contribution in [1.82, 2.24) is 10.2 Å². The molecule has 0 aliphatic heterocycles. The molecule has 102 valence electrons. The Balaban J connectivity index is 2.71. The van der Waals surface area contributed by atoms with Crippen molar-refractivity contribution < 1.29 is 4.39 Å². The normalized spacial score (nSPS) is 13.0. The van der Waals surface area contributed by atoms with Gasteiger partial charge in [-0.15, -0.1) is 0 Å².